The molecular weight excluding hydrogens is 306 g/mol. The number of benzene rings is 1. The highest BCUT2D eigenvalue weighted by Crippen LogP contribution is 2.39. The number of aryl methyl sites for hydroxylation is 1. The largest absolute Gasteiger partial charge is 0.352 e. The van der Waals surface area contributed by atoms with Gasteiger partial charge in [0.05, 0.1) is 10.6 Å². The Morgan fingerprint density at radius 1 is 1.35 bits per heavy atom. The van der Waals surface area contributed by atoms with Gasteiger partial charge in [-0.1, -0.05) is 48.4 Å². The maximum atomic E-state index is 8.97. The average molecular weight is 326 g/mol. The van der Waals surface area contributed by atoms with E-state index in [9.17, 15) is 0 Å². The summed E-state index contributed by atoms with van der Waals surface area (Å²) in [6.45, 7) is 5.26. The molecule has 0 aliphatic carbocycles. The molecule has 1 aromatic heterocycles. The molecule has 23 heavy (non-hydrogen) atoms. The molecule has 1 aliphatic rings. The van der Waals surface area contributed by atoms with Crippen molar-refractivity contribution in [3.05, 3.63) is 58.2 Å². The lowest BCUT2D eigenvalue weighted by molar-refractivity contribution is 0.569. The molecule has 4 heteroatoms. The minimum Gasteiger partial charge on any atom is -0.352 e. The molecule has 118 valence electrons. The lowest BCUT2D eigenvalue weighted by Gasteiger charge is -2.29. The van der Waals surface area contributed by atoms with Crippen LogP contribution >= 0.6 is 11.6 Å². The van der Waals surface area contributed by atoms with Crippen molar-refractivity contribution in [1.82, 2.24) is 4.98 Å². The Bertz CT molecular complexity index is 733. The van der Waals surface area contributed by atoms with E-state index >= 15 is 0 Å². The van der Waals surface area contributed by atoms with Crippen LogP contribution in [0.5, 0.6) is 0 Å². The first-order valence-electron chi connectivity index (χ1n) is 8.03. The highest BCUT2D eigenvalue weighted by atomic mass is 35.5. The summed E-state index contributed by atoms with van der Waals surface area (Å²) in [7, 11) is 0. The number of nitrogens with zero attached hydrogens (tertiary/aromatic N) is 3. The highest BCUT2D eigenvalue weighted by Gasteiger charge is 2.35. The predicted molar refractivity (Wildman–Crippen MR) is 93.9 cm³/mol. The first-order chi connectivity index (χ1) is 11.1. The van der Waals surface area contributed by atoms with Crippen LogP contribution in [0.2, 0.25) is 5.02 Å². The van der Waals surface area contributed by atoms with Crippen molar-refractivity contribution in [2.24, 2.45) is 0 Å². The Hall–Kier alpha value is -2.05. The number of anilines is 1. The number of halogens is 1. The number of pyridine rings is 1. The standard InChI is InChI=1S/C19H20ClN3/c1-3-18-16(15-6-4-13(2)5-7-15)8-9-23(18)19-17(20)10-14(11-21)12-22-19/h4-7,10,12,16,18H,3,8-9H2,1-2H3/t16-,18-/m0/s1. The monoisotopic (exact) mass is 325 g/mol. The van der Waals surface area contributed by atoms with Gasteiger partial charge in [0, 0.05) is 24.7 Å². The van der Waals surface area contributed by atoms with E-state index in [1.54, 1.807) is 12.3 Å². The van der Waals surface area contributed by atoms with E-state index < -0.39 is 0 Å². The molecule has 1 saturated heterocycles. The molecule has 0 spiro atoms. The molecule has 3 rings (SSSR count). The second-order valence-corrected chi connectivity index (χ2v) is 6.52. The molecule has 3 nitrogen and oxygen atoms in total. The third-order valence-corrected chi connectivity index (χ3v) is 4.97. The summed E-state index contributed by atoms with van der Waals surface area (Å²) in [6.07, 6.45) is 3.74. The summed E-state index contributed by atoms with van der Waals surface area (Å²) in [5.41, 5.74) is 3.17. The van der Waals surface area contributed by atoms with Crippen molar-refractivity contribution >= 4 is 17.4 Å². The minimum atomic E-state index is 0.385. The lowest BCUT2D eigenvalue weighted by atomic mass is 9.90. The zero-order chi connectivity index (χ0) is 16.4. The Kier molecular flexibility index (Phi) is 4.54. The van der Waals surface area contributed by atoms with Crippen molar-refractivity contribution in [1.29, 1.82) is 5.26 Å². The Balaban J connectivity index is 1.90. The van der Waals surface area contributed by atoms with E-state index in [1.807, 2.05) is 0 Å². The summed E-state index contributed by atoms with van der Waals surface area (Å²) >= 11 is 6.37. The van der Waals surface area contributed by atoms with Crippen molar-refractivity contribution < 1.29 is 0 Å². The van der Waals surface area contributed by atoms with Crippen molar-refractivity contribution in [2.75, 3.05) is 11.4 Å². The molecule has 0 N–H and O–H groups in total. The molecule has 1 aromatic carbocycles. The molecule has 0 amide bonds. The molecule has 1 fully saturated rings. The second kappa shape index (κ2) is 6.60. The van der Waals surface area contributed by atoms with Gasteiger partial charge in [-0.15, -0.1) is 0 Å². The molecule has 2 heterocycles. The van der Waals surface area contributed by atoms with E-state index in [2.05, 4.69) is 54.1 Å². The molecule has 0 radical (unpaired) electrons. The van der Waals surface area contributed by atoms with Gasteiger partial charge in [-0.25, -0.2) is 4.98 Å². The van der Waals surface area contributed by atoms with Crippen LogP contribution in [-0.4, -0.2) is 17.6 Å². The van der Waals surface area contributed by atoms with E-state index in [4.69, 9.17) is 16.9 Å². The van der Waals surface area contributed by atoms with Crippen LogP contribution in [0.25, 0.3) is 0 Å². The lowest BCUT2D eigenvalue weighted by Crippen LogP contribution is -2.32. The number of nitriles is 1. The van der Waals surface area contributed by atoms with Crippen LogP contribution in [0.15, 0.2) is 36.5 Å². The summed E-state index contributed by atoms with van der Waals surface area (Å²) in [4.78, 5) is 6.74. The van der Waals surface area contributed by atoms with Gasteiger partial charge in [0.1, 0.15) is 11.9 Å². The summed E-state index contributed by atoms with van der Waals surface area (Å²) in [5.74, 6) is 1.29. The van der Waals surface area contributed by atoms with E-state index in [-0.39, 0.29) is 0 Å². The maximum absolute atomic E-state index is 8.97. The van der Waals surface area contributed by atoms with Gasteiger partial charge < -0.3 is 4.90 Å². The van der Waals surface area contributed by atoms with Crippen LogP contribution in [0.3, 0.4) is 0 Å². The zero-order valence-electron chi connectivity index (χ0n) is 13.5. The van der Waals surface area contributed by atoms with Gasteiger partial charge in [-0.3, -0.25) is 0 Å². The highest BCUT2D eigenvalue weighted by molar-refractivity contribution is 6.33. The van der Waals surface area contributed by atoms with Crippen LogP contribution in [-0.2, 0) is 0 Å². The fraction of sp³-hybridized carbons (Fsp3) is 0.368. The fourth-order valence-electron chi connectivity index (χ4n) is 3.53. The Morgan fingerprint density at radius 2 is 2.09 bits per heavy atom. The number of hydrogen-bond acceptors (Lipinski definition) is 3. The number of hydrogen-bond donors (Lipinski definition) is 0. The molecule has 0 saturated carbocycles. The van der Waals surface area contributed by atoms with Crippen molar-refractivity contribution in [3.8, 4) is 6.07 Å². The first-order valence-corrected chi connectivity index (χ1v) is 8.40. The van der Waals surface area contributed by atoms with Gasteiger partial charge in [-0.2, -0.15) is 5.26 Å². The third kappa shape index (κ3) is 3.04. The van der Waals surface area contributed by atoms with Crippen LogP contribution in [0.1, 0.15) is 42.4 Å². The maximum Gasteiger partial charge on any atom is 0.147 e. The fourth-order valence-corrected chi connectivity index (χ4v) is 3.80. The Morgan fingerprint density at radius 3 is 2.70 bits per heavy atom. The van der Waals surface area contributed by atoms with Gasteiger partial charge in [-0.05, 0) is 31.4 Å². The third-order valence-electron chi connectivity index (χ3n) is 4.69. The van der Waals surface area contributed by atoms with Gasteiger partial charge in [0.2, 0.25) is 0 Å². The van der Waals surface area contributed by atoms with Crippen molar-refractivity contribution in [3.63, 3.8) is 0 Å². The first kappa shape index (κ1) is 15.8. The number of aromatic nitrogens is 1. The molecule has 0 unspecified atom stereocenters. The van der Waals surface area contributed by atoms with Crippen LogP contribution < -0.4 is 4.90 Å². The number of rotatable bonds is 3. The zero-order valence-corrected chi connectivity index (χ0v) is 14.2. The van der Waals surface area contributed by atoms with Crippen LogP contribution in [0, 0.1) is 18.3 Å². The smallest absolute Gasteiger partial charge is 0.147 e. The topological polar surface area (TPSA) is 39.9 Å². The normalized spacial score (nSPS) is 20.5. The SMILES string of the molecule is CC[C@H]1[C@H](c2ccc(C)cc2)CCN1c1ncc(C#N)cc1Cl. The molecule has 0 bridgehead atoms. The van der Waals surface area contributed by atoms with Crippen LogP contribution in [0.4, 0.5) is 5.82 Å². The van der Waals surface area contributed by atoms with Gasteiger partial charge in [0.25, 0.3) is 0 Å². The minimum absolute atomic E-state index is 0.385. The average Bonchev–Trinajstić information content (AvgIpc) is 2.99. The summed E-state index contributed by atoms with van der Waals surface area (Å²) < 4.78 is 0. The van der Waals surface area contributed by atoms with E-state index in [0.29, 0.717) is 22.5 Å². The predicted octanol–water partition coefficient (Wildman–Crippen LogP) is 4.69. The van der Waals surface area contributed by atoms with Gasteiger partial charge in [0.15, 0.2) is 0 Å². The summed E-state index contributed by atoms with van der Waals surface area (Å²) in [5, 5.41) is 9.53. The van der Waals surface area contributed by atoms with E-state index in [0.717, 1.165) is 25.2 Å². The van der Waals surface area contributed by atoms with Crippen molar-refractivity contribution in [2.45, 2.75) is 38.6 Å². The second-order valence-electron chi connectivity index (χ2n) is 6.12. The van der Waals surface area contributed by atoms with E-state index in [1.165, 1.54) is 11.1 Å². The molecular formula is C19H20ClN3. The molecule has 2 atom stereocenters. The quantitative estimate of drug-likeness (QED) is 0.822. The summed E-state index contributed by atoms with van der Waals surface area (Å²) in [6, 6.07) is 13.0. The molecule has 1 aliphatic heterocycles. The molecule has 2 aromatic rings. The Labute approximate surface area is 142 Å². The van der Waals surface area contributed by atoms with Gasteiger partial charge >= 0.3 is 0 Å².